The van der Waals surface area contributed by atoms with Crippen molar-refractivity contribution in [3.8, 4) is 6.01 Å². The fraction of sp³-hybridized carbons (Fsp3) is 0.357. The first-order valence-corrected chi connectivity index (χ1v) is 6.72. The molecule has 2 heterocycles. The molecule has 6 heteroatoms. The Morgan fingerprint density at radius 3 is 2.50 bits per heavy atom. The standard InChI is InChI=1S/C14H17N5O/c1-2-7-20-14-17-12(15)16-13(18-14)19-8-10-5-3-4-6-11(10)9-19/h3-6H,2,7-9H2,1H3,(H2,15,16,17,18). The monoisotopic (exact) mass is 271 g/mol. The minimum atomic E-state index is 0.192. The van der Waals surface area contributed by atoms with Crippen molar-refractivity contribution in [1.82, 2.24) is 15.0 Å². The van der Waals surface area contributed by atoms with Gasteiger partial charge in [0, 0.05) is 13.1 Å². The summed E-state index contributed by atoms with van der Waals surface area (Å²) >= 11 is 0. The van der Waals surface area contributed by atoms with E-state index < -0.39 is 0 Å². The minimum Gasteiger partial charge on any atom is -0.463 e. The lowest BCUT2D eigenvalue weighted by Crippen LogP contribution is -2.19. The van der Waals surface area contributed by atoms with Gasteiger partial charge >= 0.3 is 6.01 Å². The fourth-order valence-corrected chi connectivity index (χ4v) is 2.23. The van der Waals surface area contributed by atoms with Crippen molar-refractivity contribution in [3.63, 3.8) is 0 Å². The molecule has 1 aliphatic heterocycles. The third-order valence-corrected chi connectivity index (χ3v) is 3.18. The number of nitrogen functional groups attached to an aromatic ring is 1. The molecule has 1 aromatic carbocycles. The Kier molecular flexibility index (Phi) is 3.37. The Bertz CT molecular complexity index is 591. The summed E-state index contributed by atoms with van der Waals surface area (Å²) in [6.45, 7) is 4.17. The fourth-order valence-electron chi connectivity index (χ4n) is 2.23. The largest absolute Gasteiger partial charge is 0.463 e. The molecule has 3 rings (SSSR count). The van der Waals surface area contributed by atoms with Gasteiger partial charge in [-0.1, -0.05) is 31.2 Å². The van der Waals surface area contributed by atoms with E-state index in [2.05, 4.69) is 32.0 Å². The number of rotatable bonds is 4. The molecule has 0 atom stereocenters. The number of nitrogens with two attached hydrogens (primary N) is 1. The van der Waals surface area contributed by atoms with E-state index in [1.807, 2.05) is 19.1 Å². The van der Waals surface area contributed by atoms with Gasteiger partial charge in [0.1, 0.15) is 0 Å². The van der Waals surface area contributed by atoms with Crippen molar-refractivity contribution in [1.29, 1.82) is 0 Å². The van der Waals surface area contributed by atoms with Crippen LogP contribution in [0.5, 0.6) is 6.01 Å². The highest BCUT2D eigenvalue weighted by molar-refractivity contribution is 5.45. The van der Waals surface area contributed by atoms with Crippen molar-refractivity contribution >= 4 is 11.9 Å². The Morgan fingerprint density at radius 2 is 1.85 bits per heavy atom. The number of aromatic nitrogens is 3. The molecule has 2 N–H and O–H groups in total. The van der Waals surface area contributed by atoms with Crippen LogP contribution in [-0.2, 0) is 13.1 Å². The van der Waals surface area contributed by atoms with E-state index in [9.17, 15) is 0 Å². The van der Waals surface area contributed by atoms with Crippen molar-refractivity contribution < 1.29 is 4.74 Å². The normalized spacial score (nSPS) is 13.3. The number of hydrogen-bond acceptors (Lipinski definition) is 6. The molecule has 6 nitrogen and oxygen atoms in total. The summed E-state index contributed by atoms with van der Waals surface area (Å²) in [7, 11) is 0. The third-order valence-electron chi connectivity index (χ3n) is 3.18. The molecule has 0 saturated heterocycles. The molecule has 0 spiro atoms. The summed E-state index contributed by atoms with van der Waals surface area (Å²) in [5.41, 5.74) is 8.32. The predicted molar refractivity (Wildman–Crippen MR) is 76.4 cm³/mol. The van der Waals surface area contributed by atoms with Crippen molar-refractivity contribution in [2.75, 3.05) is 17.2 Å². The maximum atomic E-state index is 5.73. The summed E-state index contributed by atoms with van der Waals surface area (Å²) in [6.07, 6.45) is 0.899. The van der Waals surface area contributed by atoms with Gasteiger partial charge in [0.2, 0.25) is 11.9 Å². The van der Waals surface area contributed by atoms with E-state index in [0.29, 0.717) is 18.6 Å². The van der Waals surface area contributed by atoms with Crippen LogP contribution in [0.1, 0.15) is 24.5 Å². The van der Waals surface area contributed by atoms with Crippen molar-refractivity contribution in [3.05, 3.63) is 35.4 Å². The molecule has 1 aromatic heterocycles. The molecule has 0 fully saturated rings. The van der Waals surface area contributed by atoms with E-state index in [1.165, 1.54) is 11.1 Å². The molecular weight excluding hydrogens is 254 g/mol. The first kappa shape index (κ1) is 12.7. The van der Waals surface area contributed by atoms with Crippen molar-refractivity contribution in [2.24, 2.45) is 0 Å². The van der Waals surface area contributed by atoms with Crippen LogP contribution in [0.3, 0.4) is 0 Å². The molecule has 0 aliphatic carbocycles. The van der Waals surface area contributed by atoms with Gasteiger partial charge in [0.25, 0.3) is 0 Å². The number of nitrogens with zero attached hydrogens (tertiary/aromatic N) is 4. The van der Waals surface area contributed by atoms with Gasteiger partial charge in [0.15, 0.2) is 0 Å². The van der Waals surface area contributed by atoms with Gasteiger partial charge in [-0.3, -0.25) is 0 Å². The van der Waals surface area contributed by atoms with E-state index in [0.717, 1.165) is 19.5 Å². The van der Waals surface area contributed by atoms with Crippen LogP contribution in [0.15, 0.2) is 24.3 Å². The Hall–Kier alpha value is -2.37. The Morgan fingerprint density at radius 1 is 1.15 bits per heavy atom. The second kappa shape index (κ2) is 5.32. The number of anilines is 2. The zero-order chi connectivity index (χ0) is 13.9. The maximum absolute atomic E-state index is 5.73. The molecule has 104 valence electrons. The zero-order valence-corrected chi connectivity index (χ0v) is 11.4. The molecule has 1 aliphatic rings. The number of fused-ring (bicyclic) bond motifs is 1. The van der Waals surface area contributed by atoms with Gasteiger partial charge in [0.05, 0.1) is 6.61 Å². The van der Waals surface area contributed by atoms with Gasteiger partial charge in [-0.15, -0.1) is 0 Å². The number of hydrogen-bond donors (Lipinski definition) is 1. The molecular formula is C14H17N5O. The number of ether oxygens (including phenoxy) is 1. The van der Waals surface area contributed by atoms with Gasteiger partial charge in [-0.2, -0.15) is 15.0 Å². The first-order chi connectivity index (χ1) is 9.76. The molecule has 2 aromatic rings. The molecule has 0 radical (unpaired) electrons. The molecule has 20 heavy (non-hydrogen) atoms. The molecule has 0 unspecified atom stereocenters. The lowest BCUT2D eigenvalue weighted by atomic mass is 10.1. The van der Waals surface area contributed by atoms with Crippen LogP contribution in [-0.4, -0.2) is 21.6 Å². The summed E-state index contributed by atoms with van der Waals surface area (Å²) in [4.78, 5) is 14.6. The lowest BCUT2D eigenvalue weighted by Gasteiger charge is -2.15. The second-order valence-corrected chi connectivity index (χ2v) is 4.75. The van der Waals surface area contributed by atoms with Gasteiger partial charge < -0.3 is 15.4 Å². The average Bonchev–Trinajstić information content (AvgIpc) is 2.88. The smallest absolute Gasteiger partial charge is 0.323 e. The summed E-state index contributed by atoms with van der Waals surface area (Å²) in [5.74, 6) is 0.761. The van der Waals surface area contributed by atoms with Crippen LogP contribution in [0.25, 0.3) is 0 Å². The molecule has 0 bridgehead atoms. The van der Waals surface area contributed by atoms with Gasteiger partial charge in [-0.25, -0.2) is 0 Å². The zero-order valence-electron chi connectivity index (χ0n) is 11.4. The topological polar surface area (TPSA) is 77.2 Å². The maximum Gasteiger partial charge on any atom is 0.323 e. The quantitative estimate of drug-likeness (QED) is 0.913. The van der Waals surface area contributed by atoms with E-state index >= 15 is 0 Å². The predicted octanol–water partition coefficient (Wildman–Crippen LogP) is 1.76. The molecule has 0 saturated carbocycles. The second-order valence-electron chi connectivity index (χ2n) is 4.75. The van der Waals surface area contributed by atoms with E-state index in [4.69, 9.17) is 10.5 Å². The van der Waals surface area contributed by atoms with Crippen LogP contribution in [0.4, 0.5) is 11.9 Å². The lowest BCUT2D eigenvalue weighted by molar-refractivity contribution is 0.292. The van der Waals surface area contributed by atoms with E-state index in [-0.39, 0.29) is 5.95 Å². The van der Waals surface area contributed by atoms with Crippen LogP contribution in [0.2, 0.25) is 0 Å². The third kappa shape index (κ3) is 2.49. The average molecular weight is 271 g/mol. The number of benzene rings is 1. The minimum absolute atomic E-state index is 0.192. The summed E-state index contributed by atoms with van der Waals surface area (Å²) in [5, 5.41) is 0. The summed E-state index contributed by atoms with van der Waals surface area (Å²) < 4.78 is 5.44. The van der Waals surface area contributed by atoms with Crippen molar-refractivity contribution in [2.45, 2.75) is 26.4 Å². The van der Waals surface area contributed by atoms with E-state index in [1.54, 1.807) is 0 Å². The van der Waals surface area contributed by atoms with Crippen LogP contribution >= 0.6 is 0 Å². The van der Waals surface area contributed by atoms with Crippen LogP contribution < -0.4 is 15.4 Å². The van der Waals surface area contributed by atoms with Crippen LogP contribution in [0, 0.1) is 0 Å². The molecule has 0 amide bonds. The SMILES string of the molecule is CCCOc1nc(N)nc(N2Cc3ccccc3C2)n1. The Labute approximate surface area is 117 Å². The first-order valence-electron chi connectivity index (χ1n) is 6.72. The Balaban J connectivity index is 1.83. The highest BCUT2D eigenvalue weighted by Gasteiger charge is 2.21. The highest BCUT2D eigenvalue weighted by atomic mass is 16.5. The highest BCUT2D eigenvalue weighted by Crippen LogP contribution is 2.26. The van der Waals surface area contributed by atoms with Gasteiger partial charge in [-0.05, 0) is 17.5 Å². The summed E-state index contributed by atoms with van der Waals surface area (Å²) in [6, 6.07) is 8.62.